The van der Waals surface area contributed by atoms with Gasteiger partial charge in [0.25, 0.3) is 5.89 Å². The highest BCUT2D eigenvalue weighted by Gasteiger charge is 2.21. The Labute approximate surface area is 246 Å². The molecule has 13 nitrogen and oxygen atoms in total. The van der Waals surface area contributed by atoms with Crippen LogP contribution in [0.4, 0.5) is 11.6 Å². The maximum Gasteiger partial charge on any atom is 0.266 e. The molecule has 43 heavy (non-hydrogen) atoms. The SMILES string of the molecule is N#Cc1nccc(NC2CCN(Cc3ccc(-n4c(-c5cccnc5N)nc5ccc(-c6nnco6)nc54)cc3)CC2)n1. The zero-order chi connectivity index (χ0) is 29.2. The number of likely N-dealkylation sites (tertiary alicyclic amines) is 1. The van der Waals surface area contributed by atoms with E-state index in [9.17, 15) is 0 Å². The molecule has 6 aromatic rings. The van der Waals surface area contributed by atoms with Gasteiger partial charge in [-0.25, -0.2) is 24.9 Å². The van der Waals surface area contributed by atoms with Crippen molar-refractivity contribution in [3.05, 3.63) is 84.8 Å². The summed E-state index contributed by atoms with van der Waals surface area (Å²) in [5, 5.41) is 20.3. The molecular weight excluding hydrogens is 544 g/mol. The molecule has 3 N–H and O–H groups in total. The lowest BCUT2D eigenvalue weighted by atomic mass is 10.0. The third-order valence-corrected chi connectivity index (χ3v) is 7.46. The number of nitrogens with zero attached hydrogens (tertiary/aromatic N) is 10. The van der Waals surface area contributed by atoms with Crippen LogP contribution in [0.2, 0.25) is 0 Å². The van der Waals surface area contributed by atoms with Crippen LogP contribution in [0.15, 0.2) is 77.8 Å². The summed E-state index contributed by atoms with van der Waals surface area (Å²) in [4.78, 5) is 24.6. The number of benzene rings is 1. The molecule has 212 valence electrons. The average molecular weight is 571 g/mol. The molecule has 1 aliphatic rings. The third kappa shape index (κ3) is 5.34. The van der Waals surface area contributed by atoms with E-state index in [1.165, 1.54) is 12.0 Å². The molecule has 0 bridgehead atoms. The van der Waals surface area contributed by atoms with Gasteiger partial charge in [-0.2, -0.15) is 5.26 Å². The number of nitrogens with two attached hydrogens (primary N) is 1. The van der Waals surface area contributed by atoms with Crippen molar-refractivity contribution in [2.45, 2.75) is 25.4 Å². The first kappa shape index (κ1) is 26.2. The van der Waals surface area contributed by atoms with E-state index >= 15 is 0 Å². The lowest BCUT2D eigenvalue weighted by Crippen LogP contribution is -2.38. The fourth-order valence-corrected chi connectivity index (χ4v) is 5.34. The largest absolute Gasteiger partial charge is 0.422 e. The van der Waals surface area contributed by atoms with Gasteiger partial charge in [0.2, 0.25) is 12.2 Å². The molecule has 1 aromatic carbocycles. The molecular formula is C30H26N12O. The van der Waals surface area contributed by atoms with Crippen molar-refractivity contribution in [2.24, 2.45) is 0 Å². The molecule has 1 fully saturated rings. The van der Waals surface area contributed by atoms with Crippen molar-refractivity contribution in [1.29, 1.82) is 5.26 Å². The fourth-order valence-electron chi connectivity index (χ4n) is 5.34. The summed E-state index contributed by atoms with van der Waals surface area (Å²) in [5.41, 5.74) is 11.0. The van der Waals surface area contributed by atoms with Crippen LogP contribution in [0, 0.1) is 11.3 Å². The molecule has 1 aliphatic heterocycles. The zero-order valence-electron chi connectivity index (χ0n) is 23.0. The summed E-state index contributed by atoms with van der Waals surface area (Å²) < 4.78 is 7.37. The Morgan fingerprint density at radius 3 is 2.60 bits per heavy atom. The van der Waals surface area contributed by atoms with E-state index < -0.39 is 0 Å². The normalized spacial score (nSPS) is 14.1. The second kappa shape index (κ2) is 11.3. The summed E-state index contributed by atoms with van der Waals surface area (Å²) in [7, 11) is 0. The molecule has 0 radical (unpaired) electrons. The highest BCUT2D eigenvalue weighted by atomic mass is 16.4. The number of hydrogen-bond donors (Lipinski definition) is 2. The van der Waals surface area contributed by atoms with E-state index in [0.717, 1.165) is 38.2 Å². The third-order valence-electron chi connectivity index (χ3n) is 7.46. The molecule has 1 saturated heterocycles. The second-order valence-corrected chi connectivity index (χ2v) is 10.2. The standard InChI is InChI=1S/C30H26N12O/c31-16-26-33-13-9-25(39-26)36-20-10-14-41(15-11-20)17-19-3-5-21(6-4-19)42-28(22-2-1-12-34-27(22)32)37-23-7-8-24(38-29(23)42)30-40-35-18-43-30/h1-9,12-13,18,20H,10-11,14-15,17H2,(H2,32,34)(H,33,36,39). The highest BCUT2D eigenvalue weighted by molar-refractivity contribution is 5.84. The smallest absolute Gasteiger partial charge is 0.266 e. The van der Waals surface area contributed by atoms with Gasteiger partial charge in [0.05, 0.1) is 5.56 Å². The number of piperidine rings is 1. The zero-order valence-corrected chi connectivity index (χ0v) is 23.0. The molecule has 0 aliphatic carbocycles. The Bertz CT molecular complexity index is 1920. The van der Waals surface area contributed by atoms with Gasteiger partial charge in [-0.05, 0) is 60.9 Å². The molecule has 0 spiro atoms. The molecule has 0 amide bonds. The van der Waals surface area contributed by atoms with Crippen molar-refractivity contribution in [2.75, 3.05) is 24.1 Å². The van der Waals surface area contributed by atoms with Gasteiger partial charge in [0.1, 0.15) is 28.9 Å². The van der Waals surface area contributed by atoms with Crippen LogP contribution in [0.3, 0.4) is 0 Å². The number of nitrogen functional groups attached to an aromatic ring is 1. The van der Waals surface area contributed by atoms with Crippen LogP contribution >= 0.6 is 0 Å². The summed E-state index contributed by atoms with van der Waals surface area (Å²) in [5.74, 6) is 2.22. The lowest BCUT2D eigenvalue weighted by molar-refractivity contribution is 0.211. The van der Waals surface area contributed by atoms with E-state index in [1.807, 2.05) is 34.9 Å². The van der Waals surface area contributed by atoms with Crippen molar-refractivity contribution < 1.29 is 4.42 Å². The maximum absolute atomic E-state index is 9.05. The van der Waals surface area contributed by atoms with Gasteiger partial charge in [-0.1, -0.05) is 12.1 Å². The average Bonchev–Trinajstić information content (AvgIpc) is 3.71. The van der Waals surface area contributed by atoms with E-state index in [0.29, 0.717) is 51.8 Å². The highest BCUT2D eigenvalue weighted by Crippen LogP contribution is 2.31. The summed E-state index contributed by atoms with van der Waals surface area (Å²) in [6.07, 6.45) is 6.51. The Kier molecular flexibility index (Phi) is 6.86. The quantitative estimate of drug-likeness (QED) is 0.284. The molecule has 13 heteroatoms. The molecule has 7 rings (SSSR count). The maximum atomic E-state index is 9.05. The van der Waals surface area contributed by atoms with E-state index in [1.54, 1.807) is 18.5 Å². The minimum atomic E-state index is 0.175. The predicted molar refractivity (Wildman–Crippen MR) is 158 cm³/mol. The van der Waals surface area contributed by atoms with Crippen LogP contribution in [-0.4, -0.2) is 63.7 Å². The number of aromatic nitrogens is 8. The molecule has 6 heterocycles. The first-order valence-corrected chi connectivity index (χ1v) is 13.8. The van der Waals surface area contributed by atoms with Crippen LogP contribution in [0.1, 0.15) is 24.2 Å². The number of imidazole rings is 1. The fraction of sp³-hybridized carbons (Fsp3) is 0.200. The first-order chi connectivity index (χ1) is 21.1. The van der Waals surface area contributed by atoms with Gasteiger partial charge < -0.3 is 15.5 Å². The van der Waals surface area contributed by atoms with Crippen LogP contribution < -0.4 is 11.1 Å². The van der Waals surface area contributed by atoms with Crippen molar-refractivity contribution >= 4 is 22.8 Å². The topological polar surface area (TPSA) is 173 Å². The van der Waals surface area contributed by atoms with Gasteiger partial charge in [0.15, 0.2) is 11.5 Å². The number of hydrogen-bond acceptors (Lipinski definition) is 12. The van der Waals surface area contributed by atoms with Crippen LogP contribution in [-0.2, 0) is 6.54 Å². The summed E-state index contributed by atoms with van der Waals surface area (Å²) >= 11 is 0. The van der Waals surface area contributed by atoms with Crippen molar-refractivity contribution in [1.82, 2.24) is 44.6 Å². The minimum Gasteiger partial charge on any atom is -0.422 e. The van der Waals surface area contributed by atoms with Gasteiger partial charge in [-0.15, -0.1) is 10.2 Å². The van der Waals surface area contributed by atoms with E-state index in [2.05, 4.69) is 59.6 Å². The number of anilines is 2. The van der Waals surface area contributed by atoms with E-state index in [-0.39, 0.29) is 5.82 Å². The number of rotatable bonds is 7. The minimum absolute atomic E-state index is 0.175. The van der Waals surface area contributed by atoms with Gasteiger partial charge in [0, 0.05) is 43.8 Å². The number of nitrogens with one attached hydrogen (secondary N) is 1. The Balaban J connectivity index is 1.12. The monoisotopic (exact) mass is 570 g/mol. The molecule has 0 atom stereocenters. The molecule has 0 unspecified atom stereocenters. The van der Waals surface area contributed by atoms with Crippen LogP contribution in [0.25, 0.3) is 39.8 Å². The van der Waals surface area contributed by atoms with Gasteiger partial charge >= 0.3 is 0 Å². The Hall–Kier alpha value is -5.74. The summed E-state index contributed by atoms with van der Waals surface area (Å²) in [6, 6.07) is 19.9. The summed E-state index contributed by atoms with van der Waals surface area (Å²) in [6.45, 7) is 2.74. The van der Waals surface area contributed by atoms with Crippen molar-refractivity contribution in [3.8, 4) is 34.7 Å². The predicted octanol–water partition coefficient (Wildman–Crippen LogP) is 3.85. The van der Waals surface area contributed by atoms with Gasteiger partial charge in [-0.3, -0.25) is 9.47 Å². The molecule has 0 saturated carbocycles. The van der Waals surface area contributed by atoms with Crippen molar-refractivity contribution in [3.63, 3.8) is 0 Å². The Morgan fingerprint density at radius 2 is 1.84 bits per heavy atom. The Morgan fingerprint density at radius 1 is 0.977 bits per heavy atom. The second-order valence-electron chi connectivity index (χ2n) is 10.2. The number of nitriles is 1. The first-order valence-electron chi connectivity index (χ1n) is 13.8. The molecule has 5 aromatic heterocycles. The lowest BCUT2D eigenvalue weighted by Gasteiger charge is -2.32. The van der Waals surface area contributed by atoms with E-state index in [4.69, 9.17) is 25.4 Å². The number of fused-ring (bicyclic) bond motifs is 1. The van der Waals surface area contributed by atoms with Crippen LogP contribution in [0.5, 0.6) is 0 Å². The number of pyridine rings is 2.